The number of thiazole rings is 1. The van der Waals surface area contributed by atoms with E-state index in [1.165, 1.54) is 17.4 Å². The van der Waals surface area contributed by atoms with Crippen molar-refractivity contribution in [3.63, 3.8) is 0 Å². The molecule has 2 aromatic heterocycles. The molecule has 1 atom stereocenters. The summed E-state index contributed by atoms with van der Waals surface area (Å²) in [4.78, 5) is 10.8. The summed E-state index contributed by atoms with van der Waals surface area (Å²) in [6.45, 7) is 0.775. The molecule has 0 amide bonds. The highest BCUT2D eigenvalue weighted by Gasteiger charge is 2.27. The van der Waals surface area contributed by atoms with Crippen molar-refractivity contribution >= 4 is 28.1 Å². The van der Waals surface area contributed by atoms with Crippen LogP contribution in [0.15, 0.2) is 52.4 Å². The van der Waals surface area contributed by atoms with Crippen molar-refractivity contribution in [2.24, 2.45) is 5.73 Å². The first-order valence-electron chi connectivity index (χ1n) is 10.7. The summed E-state index contributed by atoms with van der Waals surface area (Å²) in [5.41, 5.74) is 8.34. The molecule has 8 nitrogen and oxygen atoms in total. The van der Waals surface area contributed by atoms with Gasteiger partial charge in [0.15, 0.2) is 22.7 Å². The predicted molar refractivity (Wildman–Crippen MR) is 126 cm³/mol. The van der Waals surface area contributed by atoms with Crippen molar-refractivity contribution in [2.75, 3.05) is 11.9 Å². The zero-order valence-electron chi connectivity index (χ0n) is 18.0. The van der Waals surface area contributed by atoms with Crippen LogP contribution in [0, 0.1) is 17.0 Å². The average Bonchev–Trinajstić information content (AvgIpc) is 3.58. The number of nitrogens with one attached hydrogen (secondary N) is 2. The summed E-state index contributed by atoms with van der Waals surface area (Å²) in [7, 11) is 0. The van der Waals surface area contributed by atoms with E-state index in [9.17, 15) is 8.78 Å². The lowest BCUT2D eigenvalue weighted by molar-refractivity contribution is 0.320. The van der Waals surface area contributed by atoms with E-state index >= 15 is 0 Å². The molecule has 0 spiro atoms. The van der Waals surface area contributed by atoms with Gasteiger partial charge in [-0.05, 0) is 55.3 Å². The van der Waals surface area contributed by atoms with Crippen LogP contribution in [-0.2, 0) is 6.42 Å². The van der Waals surface area contributed by atoms with Crippen LogP contribution in [0.3, 0.4) is 0 Å². The minimum Gasteiger partial charge on any atom is -0.370 e. The lowest BCUT2D eigenvalue weighted by Crippen LogP contribution is -2.41. The highest BCUT2D eigenvalue weighted by atomic mass is 32.1. The first-order valence-corrected chi connectivity index (χ1v) is 11.6. The van der Waals surface area contributed by atoms with E-state index < -0.39 is 11.6 Å². The van der Waals surface area contributed by atoms with Gasteiger partial charge >= 0.3 is 0 Å². The van der Waals surface area contributed by atoms with Gasteiger partial charge in [-0.15, -0.1) is 11.3 Å². The number of benzene rings is 2. The normalized spacial score (nSPS) is 15.6. The van der Waals surface area contributed by atoms with Crippen LogP contribution < -0.4 is 11.1 Å². The molecule has 4 aromatic rings. The van der Waals surface area contributed by atoms with Crippen molar-refractivity contribution in [3.8, 4) is 22.6 Å². The van der Waals surface area contributed by atoms with Gasteiger partial charge in [0.05, 0.1) is 5.69 Å². The van der Waals surface area contributed by atoms with Gasteiger partial charge in [-0.3, -0.25) is 5.41 Å². The van der Waals surface area contributed by atoms with Gasteiger partial charge in [0.1, 0.15) is 0 Å². The van der Waals surface area contributed by atoms with Crippen LogP contribution in [0.4, 0.5) is 19.6 Å². The third kappa shape index (κ3) is 4.60. The lowest BCUT2D eigenvalue weighted by Gasteiger charge is -2.23. The Morgan fingerprint density at radius 2 is 1.94 bits per heavy atom. The van der Waals surface area contributed by atoms with Crippen molar-refractivity contribution < 1.29 is 13.3 Å². The maximum absolute atomic E-state index is 13.5. The Labute approximate surface area is 197 Å². The van der Waals surface area contributed by atoms with Gasteiger partial charge in [-0.2, -0.15) is 4.98 Å². The topological polar surface area (TPSA) is 117 Å². The third-order valence-electron chi connectivity index (χ3n) is 5.68. The number of anilines is 2. The van der Waals surface area contributed by atoms with Gasteiger partial charge in [-0.1, -0.05) is 5.16 Å². The first kappa shape index (κ1) is 22.0. The molecule has 0 saturated carbocycles. The van der Waals surface area contributed by atoms with E-state index in [2.05, 4.69) is 20.4 Å². The second kappa shape index (κ2) is 9.18. The molecule has 174 valence electrons. The van der Waals surface area contributed by atoms with Crippen molar-refractivity contribution in [1.82, 2.24) is 20.0 Å². The molecule has 1 fully saturated rings. The summed E-state index contributed by atoms with van der Waals surface area (Å²) in [6.07, 6.45) is 2.48. The van der Waals surface area contributed by atoms with E-state index in [1.807, 2.05) is 29.2 Å². The summed E-state index contributed by atoms with van der Waals surface area (Å²) >= 11 is 1.36. The highest BCUT2D eigenvalue weighted by molar-refractivity contribution is 7.14. The summed E-state index contributed by atoms with van der Waals surface area (Å²) in [5.74, 6) is -0.712. The number of hydrogen-bond acceptors (Lipinski definition) is 7. The molecule has 2 aromatic carbocycles. The van der Waals surface area contributed by atoms with Gasteiger partial charge < -0.3 is 20.5 Å². The van der Waals surface area contributed by atoms with Crippen LogP contribution in [-0.4, -0.2) is 38.6 Å². The number of guanidine groups is 1. The molecule has 5 rings (SSSR count). The highest BCUT2D eigenvalue weighted by Crippen LogP contribution is 2.29. The molecule has 3 heterocycles. The molecule has 0 unspecified atom stereocenters. The number of halogens is 2. The summed E-state index contributed by atoms with van der Waals surface area (Å²) in [5, 5.41) is 17.4. The number of hydrogen-bond donors (Lipinski definition) is 3. The fourth-order valence-electron chi connectivity index (χ4n) is 3.97. The SMILES string of the molecule is N=C(N)N1CCC[C@H]1Cc1nc(-c2ccc(Nc3nc(-c4ccc(F)c(F)c4)cs3)cc2)no1. The number of nitrogens with zero attached hydrogens (tertiary/aromatic N) is 4. The summed E-state index contributed by atoms with van der Waals surface area (Å²) < 4.78 is 32.1. The molecule has 0 radical (unpaired) electrons. The Balaban J connectivity index is 1.24. The second-order valence-corrected chi connectivity index (χ2v) is 8.82. The third-order valence-corrected chi connectivity index (χ3v) is 6.44. The maximum Gasteiger partial charge on any atom is 0.229 e. The van der Waals surface area contributed by atoms with E-state index in [0.29, 0.717) is 34.5 Å². The minimum atomic E-state index is -0.903. The van der Waals surface area contributed by atoms with Crippen LogP contribution in [0.25, 0.3) is 22.6 Å². The Bertz CT molecular complexity index is 1320. The van der Waals surface area contributed by atoms with E-state index in [4.69, 9.17) is 15.7 Å². The molecule has 4 N–H and O–H groups in total. The molecule has 0 bridgehead atoms. The molecule has 0 aliphatic carbocycles. The van der Waals surface area contributed by atoms with Crippen molar-refractivity contribution in [2.45, 2.75) is 25.3 Å². The fraction of sp³-hybridized carbons (Fsp3) is 0.217. The zero-order valence-corrected chi connectivity index (χ0v) is 18.8. The van der Waals surface area contributed by atoms with Crippen molar-refractivity contribution in [1.29, 1.82) is 5.41 Å². The smallest absolute Gasteiger partial charge is 0.229 e. The molecular formula is C23H21F2N7OS. The molecule has 1 aliphatic heterocycles. The zero-order chi connectivity index (χ0) is 23.7. The fourth-order valence-corrected chi connectivity index (χ4v) is 4.71. The Kier molecular flexibility index (Phi) is 5.93. The van der Waals surface area contributed by atoms with Crippen LogP contribution in [0.5, 0.6) is 0 Å². The standard InChI is InChI=1S/C23H21F2N7OS/c24-17-8-5-14(10-18(17)25)19-12-34-23(29-19)28-15-6-3-13(4-7-15)21-30-20(33-31-21)11-16-2-1-9-32(16)22(26)27/h3-8,10,12,16H,1-2,9,11H2,(H3,26,27)(H,28,29)/t16-/m0/s1. The van der Waals surface area contributed by atoms with E-state index in [-0.39, 0.29) is 12.0 Å². The Morgan fingerprint density at radius 1 is 1.15 bits per heavy atom. The minimum absolute atomic E-state index is 0.0718. The maximum atomic E-state index is 13.5. The number of nitrogens with two attached hydrogens (primary N) is 1. The molecule has 1 aliphatic rings. The lowest BCUT2D eigenvalue weighted by atomic mass is 10.1. The number of aromatic nitrogens is 3. The van der Waals surface area contributed by atoms with Crippen LogP contribution in [0.1, 0.15) is 18.7 Å². The average molecular weight is 482 g/mol. The van der Waals surface area contributed by atoms with Crippen LogP contribution in [0.2, 0.25) is 0 Å². The Hall–Kier alpha value is -3.86. The predicted octanol–water partition coefficient (Wildman–Crippen LogP) is 4.78. The Morgan fingerprint density at radius 3 is 2.71 bits per heavy atom. The van der Waals surface area contributed by atoms with Gasteiger partial charge in [-0.25, -0.2) is 13.8 Å². The summed E-state index contributed by atoms with van der Waals surface area (Å²) in [6, 6.07) is 11.3. The number of likely N-dealkylation sites (tertiary alicyclic amines) is 1. The van der Waals surface area contributed by atoms with Gasteiger partial charge in [0.2, 0.25) is 11.7 Å². The van der Waals surface area contributed by atoms with Crippen LogP contribution >= 0.6 is 11.3 Å². The largest absolute Gasteiger partial charge is 0.370 e. The monoisotopic (exact) mass is 481 g/mol. The van der Waals surface area contributed by atoms with E-state index in [0.717, 1.165) is 42.8 Å². The molecular weight excluding hydrogens is 460 g/mol. The quantitative estimate of drug-likeness (QED) is 0.268. The molecule has 1 saturated heterocycles. The number of rotatable bonds is 6. The van der Waals surface area contributed by atoms with Crippen molar-refractivity contribution in [3.05, 3.63) is 65.4 Å². The second-order valence-electron chi connectivity index (χ2n) is 7.96. The first-order chi connectivity index (χ1) is 16.5. The van der Waals surface area contributed by atoms with E-state index in [1.54, 1.807) is 5.38 Å². The molecule has 34 heavy (non-hydrogen) atoms. The van der Waals surface area contributed by atoms with Gasteiger partial charge in [0.25, 0.3) is 0 Å². The van der Waals surface area contributed by atoms with Gasteiger partial charge in [0, 0.05) is 41.2 Å². The molecule has 11 heteroatoms.